The number of nitro groups is 1. The smallest absolute Gasteiger partial charge is 0.307 e. The number of benzene rings is 1. The molecule has 34 heavy (non-hydrogen) atoms. The third-order valence-electron chi connectivity index (χ3n) is 5.00. The minimum absolute atomic E-state index is 0.0901. The average Bonchev–Trinajstić information content (AvgIpc) is 3.53. The fraction of sp³-hybridized carbons (Fsp3) is 0.190. The maximum absolute atomic E-state index is 12.7. The van der Waals surface area contributed by atoms with E-state index in [1.807, 2.05) is 0 Å². The van der Waals surface area contributed by atoms with E-state index in [1.54, 1.807) is 55.4 Å². The lowest BCUT2D eigenvalue weighted by Crippen LogP contribution is -2.26. The zero-order valence-electron chi connectivity index (χ0n) is 18.4. The second-order valence-electron chi connectivity index (χ2n) is 7.54. The highest BCUT2D eigenvalue weighted by Gasteiger charge is 2.19. The highest BCUT2D eigenvalue weighted by molar-refractivity contribution is 6.08. The number of carbonyl (C=O) groups is 2. The van der Waals surface area contributed by atoms with Gasteiger partial charge in [-0.15, -0.1) is 0 Å². The molecule has 0 aliphatic heterocycles. The lowest BCUT2D eigenvalue weighted by molar-refractivity contribution is -0.385. The van der Waals surface area contributed by atoms with Gasteiger partial charge in [-0.1, -0.05) is 12.1 Å². The number of nitrogens with one attached hydrogen (secondary N) is 2. The van der Waals surface area contributed by atoms with Gasteiger partial charge in [-0.25, -0.2) is 0 Å². The van der Waals surface area contributed by atoms with Crippen molar-refractivity contribution < 1.29 is 14.5 Å². The predicted octanol–water partition coefficient (Wildman–Crippen LogP) is 1.49. The molecule has 0 aliphatic rings. The van der Waals surface area contributed by atoms with Crippen molar-refractivity contribution in [3.8, 4) is 0 Å². The molecule has 0 unspecified atom stereocenters. The normalized spacial score (nSPS) is 10.8. The molecular weight excluding hydrogens is 442 g/mol. The summed E-state index contributed by atoms with van der Waals surface area (Å²) in [4.78, 5) is 35.7. The number of aromatic nitrogens is 6. The van der Waals surface area contributed by atoms with Crippen LogP contribution < -0.4 is 10.6 Å². The molecule has 13 nitrogen and oxygen atoms in total. The van der Waals surface area contributed by atoms with Crippen molar-refractivity contribution in [2.75, 3.05) is 5.32 Å². The molecule has 1 aromatic carbocycles. The summed E-state index contributed by atoms with van der Waals surface area (Å²) < 4.78 is 4.47. The van der Waals surface area contributed by atoms with Gasteiger partial charge in [-0.2, -0.15) is 15.3 Å². The zero-order valence-corrected chi connectivity index (χ0v) is 18.4. The minimum atomic E-state index is -0.511. The number of aryl methyl sites for hydroxylation is 2. The summed E-state index contributed by atoms with van der Waals surface area (Å²) in [5.74, 6) is -0.793. The van der Waals surface area contributed by atoms with Crippen molar-refractivity contribution >= 4 is 23.2 Å². The van der Waals surface area contributed by atoms with Crippen molar-refractivity contribution in [2.45, 2.75) is 13.1 Å². The molecule has 0 bridgehead atoms. The van der Waals surface area contributed by atoms with Crippen LogP contribution in [-0.4, -0.2) is 46.1 Å². The van der Waals surface area contributed by atoms with Crippen LogP contribution in [0.1, 0.15) is 32.0 Å². The third kappa shape index (κ3) is 4.98. The molecule has 2 amide bonds. The van der Waals surface area contributed by atoms with Crippen LogP contribution in [0.25, 0.3) is 0 Å². The van der Waals surface area contributed by atoms with Gasteiger partial charge in [0.15, 0.2) is 0 Å². The summed E-state index contributed by atoms with van der Waals surface area (Å²) in [5.41, 5.74) is 2.44. The minimum Gasteiger partial charge on any atom is -0.346 e. The lowest BCUT2D eigenvalue weighted by atomic mass is 10.1. The number of amides is 2. The van der Waals surface area contributed by atoms with E-state index in [4.69, 9.17) is 0 Å². The Morgan fingerprint density at radius 1 is 0.971 bits per heavy atom. The van der Waals surface area contributed by atoms with Gasteiger partial charge in [0.05, 0.1) is 29.5 Å². The molecule has 3 aromatic heterocycles. The van der Waals surface area contributed by atoms with Crippen LogP contribution in [0.2, 0.25) is 0 Å². The molecule has 174 valence electrons. The summed E-state index contributed by atoms with van der Waals surface area (Å²) in [6.45, 7) is 0.603. The Bertz CT molecular complexity index is 1350. The van der Waals surface area contributed by atoms with E-state index in [-0.39, 0.29) is 29.5 Å². The number of anilines is 1. The Morgan fingerprint density at radius 3 is 2.38 bits per heavy atom. The molecular formula is C21H21N9O4. The monoisotopic (exact) mass is 463 g/mol. The molecule has 0 saturated heterocycles. The predicted molar refractivity (Wildman–Crippen MR) is 120 cm³/mol. The highest BCUT2D eigenvalue weighted by atomic mass is 16.6. The molecule has 0 aliphatic carbocycles. The third-order valence-corrected chi connectivity index (χ3v) is 5.00. The van der Waals surface area contributed by atoms with Gasteiger partial charge < -0.3 is 10.6 Å². The molecule has 0 fully saturated rings. The fourth-order valence-corrected chi connectivity index (χ4v) is 3.30. The summed E-state index contributed by atoms with van der Waals surface area (Å²) in [7, 11) is 3.40. The number of rotatable bonds is 8. The molecule has 0 radical (unpaired) electrons. The second-order valence-corrected chi connectivity index (χ2v) is 7.54. The lowest BCUT2D eigenvalue weighted by Gasteiger charge is -2.09. The topological polar surface area (TPSA) is 155 Å². The molecule has 4 rings (SSSR count). The summed E-state index contributed by atoms with van der Waals surface area (Å²) in [5, 5.41) is 28.4. The number of nitrogens with zero attached hydrogens (tertiary/aromatic N) is 7. The van der Waals surface area contributed by atoms with Gasteiger partial charge in [0.1, 0.15) is 18.1 Å². The molecule has 0 saturated carbocycles. The van der Waals surface area contributed by atoms with Crippen molar-refractivity contribution in [3.63, 3.8) is 0 Å². The molecule has 2 N–H and O–H groups in total. The van der Waals surface area contributed by atoms with Crippen LogP contribution in [0.3, 0.4) is 0 Å². The van der Waals surface area contributed by atoms with Gasteiger partial charge in [-0.3, -0.25) is 33.7 Å². The number of carbonyl (C=O) groups excluding carboxylic acids is 2. The molecule has 0 atom stereocenters. The Hall–Kier alpha value is -4.81. The Morgan fingerprint density at radius 2 is 1.74 bits per heavy atom. The van der Waals surface area contributed by atoms with Crippen LogP contribution in [0.4, 0.5) is 11.4 Å². The summed E-state index contributed by atoms with van der Waals surface area (Å²) >= 11 is 0. The first-order valence-corrected chi connectivity index (χ1v) is 10.1. The van der Waals surface area contributed by atoms with E-state index in [0.717, 1.165) is 11.1 Å². The van der Waals surface area contributed by atoms with E-state index in [1.165, 1.54) is 28.0 Å². The van der Waals surface area contributed by atoms with Crippen molar-refractivity contribution in [3.05, 3.63) is 87.7 Å². The summed E-state index contributed by atoms with van der Waals surface area (Å²) in [6, 6.07) is 6.71. The first kappa shape index (κ1) is 22.4. The van der Waals surface area contributed by atoms with Crippen molar-refractivity contribution in [2.24, 2.45) is 14.1 Å². The van der Waals surface area contributed by atoms with Crippen LogP contribution >= 0.6 is 0 Å². The standard InChI is InChI=1S/C21H21N9O4/c1-27-11-15(8-23-27)7-22-21(32)19-18(10-24-28(19)2)26-20(31)16-5-3-14(4-6-16)12-29-13-17(9-25-29)30(33)34/h3-6,8-11,13H,7,12H2,1-2H3,(H,22,32)(H,26,31). The highest BCUT2D eigenvalue weighted by Crippen LogP contribution is 2.17. The van der Waals surface area contributed by atoms with E-state index in [0.29, 0.717) is 12.1 Å². The largest absolute Gasteiger partial charge is 0.346 e. The first-order valence-electron chi connectivity index (χ1n) is 10.1. The first-order chi connectivity index (χ1) is 16.3. The van der Waals surface area contributed by atoms with Gasteiger partial charge in [0, 0.05) is 38.0 Å². The number of hydrogen-bond donors (Lipinski definition) is 2. The van der Waals surface area contributed by atoms with Crippen LogP contribution in [0.15, 0.2) is 55.2 Å². The number of hydrogen-bond acceptors (Lipinski definition) is 7. The van der Waals surface area contributed by atoms with Gasteiger partial charge >= 0.3 is 5.69 Å². The fourth-order valence-electron chi connectivity index (χ4n) is 3.30. The summed E-state index contributed by atoms with van der Waals surface area (Å²) in [6.07, 6.45) is 7.38. The molecule has 3 heterocycles. The van der Waals surface area contributed by atoms with Crippen molar-refractivity contribution in [1.82, 2.24) is 34.7 Å². The van der Waals surface area contributed by atoms with E-state index >= 15 is 0 Å². The van der Waals surface area contributed by atoms with E-state index in [9.17, 15) is 19.7 Å². The van der Waals surface area contributed by atoms with Crippen LogP contribution in [0.5, 0.6) is 0 Å². The average molecular weight is 463 g/mol. The van der Waals surface area contributed by atoms with Gasteiger partial charge in [0.25, 0.3) is 11.8 Å². The van der Waals surface area contributed by atoms with E-state index in [2.05, 4.69) is 25.9 Å². The van der Waals surface area contributed by atoms with Gasteiger partial charge in [-0.05, 0) is 17.7 Å². The van der Waals surface area contributed by atoms with Crippen molar-refractivity contribution in [1.29, 1.82) is 0 Å². The Balaban J connectivity index is 1.40. The second kappa shape index (κ2) is 9.36. The van der Waals surface area contributed by atoms with E-state index < -0.39 is 10.8 Å². The Kier molecular flexibility index (Phi) is 6.16. The Labute approximate surface area is 193 Å². The molecule has 4 aromatic rings. The maximum atomic E-state index is 12.7. The van der Waals surface area contributed by atoms with Crippen LogP contribution in [0, 0.1) is 10.1 Å². The molecule has 0 spiro atoms. The quantitative estimate of drug-likeness (QED) is 0.296. The molecule has 13 heteroatoms. The maximum Gasteiger partial charge on any atom is 0.307 e. The SMILES string of the molecule is Cn1cc(CNC(=O)c2c(NC(=O)c3ccc(Cn4cc([N+](=O)[O-])cn4)cc3)cnn2C)cn1. The van der Waals surface area contributed by atoms with Crippen LogP contribution in [-0.2, 0) is 27.2 Å². The zero-order chi connectivity index (χ0) is 24.2. The van der Waals surface area contributed by atoms with Gasteiger partial charge in [0.2, 0.25) is 0 Å².